The summed E-state index contributed by atoms with van der Waals surface area (Å²) in [6.07, 6.45) is 2.04. The number of nitrogens with zero attached hydrogens (tertiary/aromatic N) is 1. The minimum Gasteiger partial charge on any atom is -0.345 e. The summed E-state index contributed by atoms with van der Waals surface area (Å²) in [5.74, 6) is 0.965. The summed E-state index contributed by atoms with van der Waals surface area (Å²) < 4.78 is 0.944. The van der Waals surface area contributed by atoms with Gasteiger partial charge in [-0.2, -0.15) is 0 Å². The van der Waals surface area contributed by atoms with Gasteiger partial charge in [-0.1, -0.05) is 23.8 Å². The second kappa shape index (κ2) is 5.05. The largest absolute Gasteiger partial charge is 0.345 e. The summed E-state index contributed by atoms with van der Waals surface area (Å²) in [5.41, 5.74) is 5.29. The average molecular weight is 293 g/mol. The number of aromatic amines is 1. The predicted molar refractivity (Wildman–Crippen MR) is 74.3 cm³/mol. The fraction of sp³-hybridized carbons (Fsp3) is 0.357. The van der Waals surface area contributed by atoms with E-state index in [2.05, 4.69) is 57.9 Å². The van der Waals surface area contributed by atoms with Gasteiger partial charge in [0.25, 0.3) is 0 Å². The van der Waals surface area contributed by atoms with Crippen molar-refractivity contribution < 1.29 is 0 Å². The summed E-state index contributed by atoms with van der Waals surface area (Å²) in [6, 6.07) is 6.64. The molecule has 0 amide bonds. The Balaban J connectivity index is 2.10. The number of halogens is 1. The molecule has 0 unspecified atom stereocenters. The highest BCUT2D eigenvalue weighted by atomic mass is 79.9. The number of aromatic nitrogens is 2. The number of imidazole rings is 1. The highest BCUT2D eigenvalue weighted by molar-refractivity contribution is 9.10. The van der Waals surface area contributed by atoms with Crippen molar-refractivity contribution >= 4 is 15.9 Å². The monoisotopic (exact) mass is 292 g/mol. The lowest BCUT2D eigenvalue weighted by Gasteiger charge is -2.06. The highest BCUT2D eigenvalue weighted by Gasteiger charge is 2.06. The number of nitrogens with one attached hydrogen (secondary N) is 1. The number of benzene rings is 1. The van der Waals surface area contributed by atoms with E-state index in [-0.39, 0.29) is 0 Å². The van der Waals surface area contributed by atoms with E-state index in [9.17, 15) is 0 Å². The van der Waals surface area contributed by atoms with Crippen LogP contribution in [0.2, 0.25) is 0 Å². The Morgan fingerprint density at radius 2 is 1.94 bits per heavy atom. The van der Waals surface area contributed by atoms with E-state index in [1.807, 2.05) is 6.92 Å². The van der Waals surface area contributed by atoms with Crippen LogP contribution in [0, 0.1) is 20.8 Å². The molecule has 1 aromatic carbocycles. The molecule has 0 spiro atoms. The molecule has 0 saturated carbocycles. The zero-order chi connectivity index (χ0) is 12.4. The van der Waals surface area contributed by atoms with Gasteiger partial charge >= 0.3 is 0 Å². The van der Waals surface area contributed by atoms with E-state index in [1.54, 1.807) is 0 Å². The molecule has 0 saturated heterocycles. The van der Waals surface area contributed by atoms with E-state index in [0.717, 1.165) is 23.3 Å². The molecule has 2 rings (SSSR count). The Morgan fingerprint density at radius 1 is 1.18 bits per heavy atom. The van der Waals surface area contributed by atoms with Crippen molar-refractivity contribution in [1.29, 1.82) is 0 Å². The Bertz CT molecular complexity index is 529. The van der Waals surface area contributed by atoms with Gasteiger partial charge in [0.2, 0.25) is 0 Å². The van der Waals surface area contributed by atoms with Gasteiger partial charge in [-0.3, -0.25) is 0 Å². The minimum absolute atomic E-state index is 0.944. The Kier molecular flexibility index (Phi) is 3.67. The first-order valence-electron chi connectivity index (χ1n) is 5.83. The van der Waals surface area contributed by atoms with Gasteiger partial charge in [0.1, 0.15) is 10.4 Å². The second-order valence-electron chi connectivity index (χ2n) is 4.52. The lowest BCUT2D eigenvalue weighted by atomic mass is 10.0. The maximum Gasteiger partial charge on any atom is 0.127 e. The van der Waals surface area contributed by atoms with Crippen molar-refractivity contribution in [3.63, 3.8) is 0 Å². The third kappa shape index (κ3) is 2.97. The van der Waals surface area contributed by atoms with Crippen LogP contribution in [0.1, 0.15) is 28.2 Å². The lowest BCUT2D eigenvalue weighted by molar-refractivity contribution is 0.906. The first kappa shape index (κ1) is 12.4. The summed E-state index contributed by atoms with van der Waals surface area (Å²) in [7, 11) is 0. The van der Waals surface area contributed by atoms with Crippen LogP contribution in [-0.4, -0.2) is 9.97 Å². The number of hydrogen-bond donors (Lipinski definition) is 1. The second-order valence-corrected chi connectivity index (χ2v) is 5.27. The highest BCUT2D eigenvalue weighted by Crippen LogP contribution is 2.17. The van der Waals surface area contributed by atoms with Crippen LogP contribution in [0.15, 0.2) is 22.8 Å². The Labute approximate surface area is 111 Å². The average Bonchev–Trinajstić information content (AvgIpc) is 2.56. The molecule has 90 valence electrons. The molecule has 0 radical (unpaired) electrons. The molecule has 0 atom stereocenters. The topological polar surface area (TPSA) is 28.7 Å². The zero-order valence-corrected chi connectivity index (χ0v) is 12.1. The molecular weight excluding hydrogens is 276 g/mol. The van der Waals surface area contributed by atoms with Gasteiger partial charge in [0.05, 0.1) is 0 Å². The van der Waals surface area contributed by atoms with E-state index >= 15 is 0 Å². The molecule has 2 aromatic rings. The quantitative estimate of drug-likeness (QED) is 0.914. The predicted octanol–water partition coefficient (Wildman–Crippen LogP) is 3.88. The summed E-state index contributed by atoms with van der Waals surface area (Å²) in [4.78, 5) is 7.61. The zero-order valence-electron chi connectivity index (χ0n) is 10.5. The smallest absolute Gasteiger partial charge is 0.127 e. The first-order chi connectivity index (χ1) is 8.06. The maximum atomic E-state index is 4.32. The fourth-order valence-electron chi connectivity index (χ4n) is 2.06. The molecule has 1 N–H and O–H groups in total. The summed E-state index contributed by atoms with van der Waals surface area (Å²) in [6.45, 7) is 6.28. The fourth-order valence-corrected chi connectivity index (χ4v) is 2.63. The van der Waals surface area contributed by atoms with Crippen molar-refractivity contribution in [2.24, 2.45) is 0 Å². The van der Waals surface area contributed by atoms with Gasteiger partial charge in [0, 0.05) is 5.69 Å². The van der Waals surface area contributed by atoms with Crippen LogP contribution < -0.4 is 0 Å². The van der Waals surface area contributed by atoms with Gasteiger partial charge in [-0.25, -0.2) is 4.98 Å². The van der Waals surface area contributed by atoms with Gasteiger partial charge < -0.3 is 4.98 Å². The van der Waals surface area contributed by atoms with E-state index in [1.165, 1.54) is 22.4 Å². The standard InChI is InChI=1S/C14H17BrN2/c1-9-4-5-12(10(2)8-9)6-7-13-14(15)17-11(3)16-13/h4-5,8H,6-7H2,1-3H3,(H,16,17). The van der Waals surface area contributed by atoms with Crippen molar-refractivity contribution in [2.75, 3.05) is 0 Å². The number of rotatable bonds is 3. The van der Waals surface area contributed by atoms with Crippen LogP contribution in [0.25, 0.3) is 0 Å². The van der Waals surface area contributed by atoms with Gasteiger partial charge in [-0.15, -0.1) is 0 Å². The Hall–Kier alpha value is -1.09. The molecule has 1 aromatic heterocycles. The van der Waals surface area contributed by atoms with Crippen molar-refractivity contribution in [3.8, 4) is 0 Å². The molecule has 1 heterocycles. The molecule has 17 heavy (non-hydrogen) atoms. The molecule has 2 nitrogen and oxygen atoms in total. The molecule has 0 aliphatic carbocycles. The number of H-pyrrole nitrogens is 1. The third-order valence-electron chi connectivity index (χ3n) is 2.99. The SMILES string of the molecule is Cc1ccc(CCc2[nH]c(C)nc2Br)c(C)c1. The van der Waals surface area contributed by atoms with E-state index < -0.39 is 0 Å². The summed E-state index contributed by atoms with van der Waals surface area (Å²) in [5, 5.41) is 0. The first-order valence-corrected chi connectivity index (χ1v) is 6.62. The van der Waals surface area contributed by atoms with Crippen molar-refractivity contribution in [3.05, 3.63) is 51.0 Å². The third-order valence-corrected chi connectivity index (χ3v) is 3.65. The summed E-state index contributed by atoms with van der Waals surface area (Å²) >= 11 is 3.48. The molecule has 0 aliphatic heterocycles. The van der Waals surface area contributed by atoms with E-state index in [4.69, 9.17) is 0 Å². The van der Waals surface area contributed by atoms with E-state index in [0.29, 0.717) is 0 Å². The molecular formula is C14H17BrN2. The Morgan fingerprint density at radius 3 is 2.53 bits per heavy atom. The number of hydrogen-bond acceptors (Lipinski definition) is 1. The van der Waals surface area contributed by atoms with Crippen LogP contribution in [0.5, 0.6) is 0 Å². The molecule has 0 bridgehead atoms. The van der Waals surface area contributed by atoms with Crippen molar-refractivity contribution in [1.82, 2.24) is 9.97 Å². The van der Waals surface area contributed by atoms with Crippen LogP contribution >= 0.6 is 15.9 Å². The lowest BCUT2D eigenvalue weighted by Crippen LogP contribution is -1.95. The minimum atomic E-state index is 0.944. The van der Waals surface area contributed by atoms with Gasteiger partial charge in [-0.05, 0) is 60.7 Å². The maximum absolute atomic E-state index is 4.32. The van der Waals surface area contributed by atoms with Crippen LogP contribution in [0.3, 0.4) is 0 Å². The molecule has 3 heteroatoms. The normalized spacial score (nSPS) is 10.8. The molecule has 0 fully saturated rings. The van der Waals surface area contributed by atoms with Gasteiger partial charge in [0.15, 0.2) is 0 Å². The van der Waals surface area contributed by atoms with Crippen molar-refractivity contribution in [2.45, 2.75) is 33.6 Å². The molecule has 0 aliphatic rings. The number of aryl methyl sites for hydroxylation is 5. The van der Waals surface area contributed by atoms with Crippen LogP contribution in [-0.2, 0) is 12.8 Å². The van der Waals surface area contributed by atoms with Crippen LogP contribution in [0.4, 0.5) is 0 Å².